The van der Waals surface area contributed by atoms with E-state index < -0.39 is 0 Å². The summed E-state index contributed by atoms with van der Waals surface area (Å²) in [4.78, 5) is 2.44. The Morgan fingerprint density at radius 1 is 1.39 bits per heavy atom. The lowest BCUT2D eigenvalue weighted by molar-refractivity contribution is 0.0220. The molecule has 2 unspecified atom stereocenters. The summed E-state index contributed by atoms with van der Waals surface area (Å²) in [6.07, 6.45) is 2.76. The minimum Gasteiger partial charge on any atom is -0.377 e. The highest BCUT2D eigenvalue weighted by Gasteiger charge is 2.49. The fraction of sp³-hybridized carbons (Fsp3) is 1.00. The third-order valence-corrected chi connectivity index (χ3v) is 4.55. The molecule has 2 N–H and O–H groups in total. The molecule has 18 heavy (non-hydrogen) atoms. The number of rotatable bonds is 6. The first-order valence-corrected chi connectivity index (χ1v) is 7.26. The second-order valence-electron chi connectivity index (χ2n) is 7.09. The topological polar surface area (TPSA) is 38.5 Å². The number of ether oxygens (including phenoxy) is 1. The standard InChI is InChI=1S/C15H32N2O/c1-12(2)18-8-7-17(6)15(11-16)10-14(4,5)9-13(15)3/h12-13H,7-11,16H2,1-6H3. The van der Waals surface area contributed by atoms with Gasteiger partial charge in [-0.15, -0.1) is 0 Å². The summed E-state index contributed by atoms with van der Waals surface area (Å²) in [6.45, 7) is 13.7. The van der Waals surface area contributed by atoms with Crippen LogP contribution in [0.15, 0.2) is 0 Å². The van der Waals surface area contributed by atoms with E-state index in [0.29, 0.717) is 17.4 Å². The molecule has 1 aliphatic rings. The largest absolute Gasteiger partial charge is 0.377 e. The molecule has 0 aromatic heterocycles. The Hall–Kier alpha value is -0.120. The van der Waals surface area contributed by atoms with Crippen molar-refractivity contribution in [1.82, 2.24) is 4.90 Å². The zero-order valence-corrected chi connectivity index (χ0v) is 13.1. The highest BCUT2D eigenvalue weighted by atomic mass is 16.5. The van der Waals surface area contributed by atoms with Gasteiger partial charge in [-0.05, 0) is 45.1 Å². The number of hydrogen-bond donors (Lipinski definition) is 1. The van der Waals surface area contributed by atoms with Gasteiger partial charge in [0.05, 0.1) is 12.7 Å². The monoisotopic (exact) mass is 256 g/mol. The summed E-state index contributed by atoms with van der Waals surface area (Å²) in [7, 11) is 2.20. The normalized spacial score (nSPS) is 31.5. The molecule has 3 nitrogen and oxygen atoms in total. The van der Waals surface area contributed by atoms with Crippen molar-refractivity contribution in [1.29, 1.82) is 0 Å². The van der Waals surface area contributed by atoms with Crippen LogP contribution in [0.5, 0.6) is 0 Å². The Bertz CT molecular complexity index is 265. The fourth-order valence-corrected chi connectivity index (χ4v) is 3.68. The number of nitrogens with zero attached hydrogens (tertiary/aromatic N) is 1. The fourth-order valence-electron chi connectivity index (χ4n) is 3.68. The SMILES string of the molecule is CC(C)OCCN(C)C1(CN)CC(C)(C)CC1C. The van der Waals surface area contributed by atoms with Crippen LogP contribution < -0.4 is 5.73 Å². The van der Waals surface area contributed by atoms with Gasteiger partial charge >= 0.3 is 0 Å². The van der Waals surface area contributed by atoms with Gasteiger partial charge in [0.15, 0.2) is 0 Å². The highest BCUT2D eigenvalue weighted by molar-refractivity contribution is 5.05. The molecule has 1 saturated carbocycles. The van der Waals surface area contributed by atoms with E-state index in [4.69, 9.17) is 10.5 Å². The first-order chi connectivity index (χ1) is 8.23. The maximum Gasteiger partial charge on any atom is 0.0597 e. The second kappa shape index (κ2) is 5.89. The van der Waals surface area contributed by atoms with Crippen molar-refractivity contribution in [2.45, 2.75) is 59.1 Å². The summed E-state index contributed by atoms with van der Waals surface area (Å²) in [5.41, 5.74) is 6.70. The summed E-state index contributed by atoms with van der Waals surface area (Å²) < 4.78 is 5.67. The Kier molecular flexibility index (Phi) is 5.22. The smallest absolute Gasteiger partial charge is 0.0597 e. The molecular weight excluding hydrogens is 224 g/mol. The van der Waals surface area contributed by atoms with Crippen LogP contribution in [0.1, 0.15) is 47.5 Å². The maximum absolute atomic E-state index is 6.13. The van der Waals surface area contributed by atoms with E-state index in [9.17, 15) is 0 Å². The van der Waals surface area contributed by atoms with Gasteiger partial charge in [0.1, 0.15) is 0 Å². The molecule has 1 rings (SSSR count). The third kappa shape index (κ3) is 3.46. The van der Waals surface area contributed by atoms with Crippen molar-refractivity contribution < 1.29 is 4.74 Å². The lowest BCUT2D eigenvalue weighted by atomic mass is 9.85. The van der Waals surface area contributed by atoms with Gasteiger partial charge in [-0.3, -0.25) is 4.90 Å². The van der Waals surface area contributed by atoms with E-state index in [1.807, 2.05) is 0 Å². The van der Waals surface area contributed by atoms with E-state index in [1.165, 1.54) is 12.8 Å². The molecule has 0 saturated heterocycles. The molecule has 0 aromatic carbocycles. The van der Waals surface area contributed by atoms with Crippen LogP contribution in [-0.2, 0) is 4.74 Å². The minimum absolute atomic E-state index is 0.157. The summed E-state index contributed by atoms with van der Waals surface area (Å²) >= 11 is 0. The lowest BCUT2D eigenvalue weighted by Crippen LogP contribution is -2.55. The maximum atomic E-state index is 6.13. The minimum atomic E-state index is 0.157. The van der Waals surface area contributed by atoms with Gasteiger partial charge in [0, 0.05) is 18.6 Å². The molecule has 1 fully saturated rings. The van der Waals surface area contributed by atoms with Crippen LogP contribution >= 0.6 is 0 Å². The van der Waals surface area contributed by atoms with Crippen molar-refractivity contribution in [3.63, 3.8) is 0 Å². The Labute approximate surface area is 113 Å². The van der Waals surface area contributed by atoms with Crippen LogP contribution in [0.3, 0.4) is 0 Å². The van der Waals surface area contributed by atoms with Crippen molar-refractivity contribution in [2.75, 3.05) is 26.7 Å². The van der Waals surface area contributed by atoms with Crippen LogP contribution in [0.2, 0.25) is 0 Å². The van der Waals surface area contributed by atoms with Gasteiger partial charge in [-0.25, -0.2) is 0 Å². The van der Waals surface area contributed by atoms with Gasteiger partial charge in [-0.2, -0.15) is 0 Å². The molecule has 3 heteroatoms. The Balaban J connectivity index is 2.64. The van der Waals surface area contributed by atoms with E-state index in [-0.39, 0.29) is 5.54 Å². The van der Waals surface area contributed by atoms with Crippen LogP contribution in [0.25, 0.3) is 0 Å². The second-order valence-corrected chi connectivity index (χ2v) is 7.09. The zero-order chi connectivity index (χ0) is 14.0. The molecule has 108 valence electrons. The van der Waals surface area contributed by atoms with E-state index >= 15 is 0 Å². The van der Waals surface area contributed by atoms with Gasteiger partial charge in [-0.1, -0.05) is 20.8 Å². The van der Waals surface area contributed by atoms with Crippen molar-refractivity contribution >= 4 is 0 Å². The molecule has 0 heterocycles. The zero-order valence-electron chi connectivity index (χ0n) is 13.1. The lowest BCUT2D eigenvalue weighted by Gasteiger charge is -2.42. The summed E-state index contributed by atoms with van der Waals surface area (Å²) in [5, 5.41) is 0. The van der Waals surface area contributed by atoms with Gasteiger partial charge in [0.2, 0.25) is 0 Å². The predicted molar refractivity (Wildman–Crippen MR) is 77.7 cm³/mol. The first kappa shape index (κ1) is 15.9. The molecule has 0 spiro atoms. The van der Waals surface area contributed by atoms with E-state index in [1.54, 1.807) is 0 Å². The third-order valence-electron chi connectivity index (χ3n) is 4.55. The van der Waals surface area contributed by atoms with Gasteiger partial charge < -0.3 is 10.5 Å². The van der Waals surface area contributed by atoms with Crippen molar-refractivity contribution in [3.8, 4) is 0 Å². The van der Waals surface area contributed by atoms with Crippen molar-refractivity contribution in [3.05, 3.63) is 0 Å². The molecule has 0 radical (unpaired) electrons. The van der Waals surface area contributed by atoms with Crippen LogP contribution in [0.4, 0.5) is 0 Å². The summed E-state index contributed by atoms with van der Waals surface area (Å²) in [6, 6.07) is 0. The van der Waals surface area contributed by atoms with Crippen LogP contribution in [-0.4, -0.2) is 43.3 Å². The summed E-state index contributed by atoms with van der Waals surface area (Å²) in [5.74, 6) is 0.654. The number of nitrogens with two attached hydrogens (primary N) is 1. The molecular formula is C15H32N2O. The average Bonchev–Trinajstić information content (AvgIpc) is 2.48. The quantitative estimate of drug-likeness (QED) is 0.793. The first-order valence-electron chi connectivity index (χ1n) is 7.26. The molecule has 2 atom stereocenters. The Morgan fingerprint density at radius 3 is 2.39 bits per heavy atom. The molecule has 0 aliphatic heterocycles. The van der Waals surface area contributed by atoms with Gasteiger partial charge in [0.25, 0.3) is 0 Å². The molecule has 0 amide bonds. The van der Waals surface area contributed by atoms with E-state index in [2.05, 4.69) is 46.6 Å². The number of hydrogen-bond acceptors (Lipinski definition) is 3. The average molecular weight is 256 g/mol. The highest BCUT2D eigenvalue weighted by Crippen LogP contribution is 2.49. The molecule has 1 aliphatic carbocycles. The predicted octanol–water partition coefficient (Wildman–Crippen LogP) is 2.50. The van der Waals surface area contributed by atoms with Crippen LogP contribution in [0, 0.1) is 11.3 Å². The van der Waals surface area contributed by atoms with E-state index in [0.717, 1.165) is 19.7 Å². The Morgan fingerprint density at radius 2 is 2.00 bits per heavy atom. The molecule has 0 aromatic rings. The van der Waals surface area contributed by atoms with Crippen molar-refractivity contribution in [2.24, 2.45) is 17.1 Å². The number of likely N-dealkylation sites (N-methyl/N-ethyl adjacent to an activating group) is 1. The molecule has 0 bridgehead atoms.